The van der Waals surface area contributed by atoms with Crippen LogP contribution in [0.1, 0.15) is 33.1 Å². The molecule has 1 saturated carbocycles. The van der Waals surface area contributed by atoms with Gasteiger partial charge in [-0.25, -0.2) is 0 Å². The monoisotopic (exact) mass is 306 g/mol. The Bertz CT molecular complexity index is 463. The molecule has 0 aromatic carbocycles. The van der Waals surface area contributed by atoms with Gasteiger partial charge in [-0.3, -0.25) is 4.99 Å². The number of thiophene rings is 1. The zero-order chi connectivity index (χ0) is 14.7. The van der Waals surface area contributed by atoms with Gasteiger partial charge in [0, 0.05) is 31.7 Å². The Labute approximate surface area is 131 Å². The lowest BCUT2D eigenvalue weighted by Gasteiger charge is -2.33. The summed E-state index contributed by atoms with van der Waals surface area (Å²) in [4.78, 5) is 7.08. The van der Waals surface area contributed by atoms with E-state index in [0.717, 1.165) is 31.5 Å². The van der Waals surface area contributed by atoms with Gasteiger partial charge in [0.1, 0.15) is 0 Å². The first-order chi connectivity index (χ1) is 10.3. The topological polar surface area (TPSA) is 39.7 Å². The molecule has 0 spiro atoms. The zero-order valence-corrected chi connectivity index (χ0v) is 13.8. The summed E-state index contributed by atoms with van der Waals surface area (Å²) in [5.74, 6) is 1.82. The Kier molecular flexibility index (Phi) is 4.68. The molecule has 1 aliphatic heterocycles. The molecule has 21 heavy (non-hydrogen) atoms. The summed E-state index contributed by atoms with van der Waals surface area (Å²) in [5.41, 5.74) is 0. The highest BCUT2D eigenvalue weighted by Crippen LogP contribution is 2.29. The van der Waals surface area contributed by atoms with Crippen LogP contribution in [0.3, 0.4) is 0 Å². The molecule has 2 unspecified atom stereocenters. The van der Waals surface area contributed by atoms with E-state index in [2.05, 4.69) is 51.9 Å². The van der Waals surface area contributed by atoms with Gasteiger partial charge in [-0.05, 0) is 49.6 Å². The molecule has 1 aliphatic carbocycles. The van der Waals surface area contributed by atoms with Gasteiger partial charge in [-0.1, -0.05) is 6.92 Å². The molecule has 0 amide bonds. The van der Waals surface area contributed by atoms with Gasteiger partial charge in [0.15, 0.2) is 5.96 Å². The Morgan fingerprint density at radius 3 is 2.71 bits per heavy atom. The SMILES string of the molecule is CCN=C(NC1CCN(c2cccs2)CC1)NC1CC1C. The Hall–Kier alpha value is -1.23. The number of anilines is 1. The van der Waals surface area contributed by atoms with Crippen molar-refractivity contribution in [3.05, 3.63) is 17.5 Å². The van der Waals surface area contributed by atoms with Crippen LogP contribution >= 0.6 is 11.3 Å². The van der Waals surface area contributed by atoms with E-state index in [-0.39, 0.29) is 0 Å². The summed E-state index contributed by atoms with van der Waals surface area (Å²) in [6.45, 7) is 7.50. The number of hydrogen-bond acceptors (Lipinski definition) is 3. The lowest BCUT2D eigenvalue weighted by Crippen LogP contribution is -2.49. The predicted octanol–water partition coefficient (Wildman–Crippen LogP) is 2.68. The van der Waals surface area contributed by atoms with Crippen molar-refractivity contribution in [3.8, 4) is 0 Å². The van der Waals surface area contributed by atoms with E-state index in [1.807, 2.05) is 11.3 Å². The van der Waals surface area contributed by atoms with E-state index < -0.39 is 0 Å². The van der Waals surface area contributed by atoms with Crippen LogP contribution in [0.25, 0.3) is 0 Å². The van der Waals surface area contributed by atoms with E-state index in [4.69, 9.17) is 0 Å². The van der Waals surface area contributed by atoms with Gasteiger partial charge in [-0.2, -0.15) is 0 Å². The van der Waals surface area contributed by atoms with Gasteiger partial charge < -0.3 is 15.5 Å². The zero-order valence-electron chi connectivity index (χ0n) is 13.0. The number of nitrogens with one attached hydrogen (secondary N) is 2. The molecule has 2 N–H and O–H groups in total. The van der Waals surface area contributed by atoms with E-state index in [1.165, 1.54) is 24.3 Å². The molecule has 116 valence electrons. The molecule has 1 saturated heterocycles. The van der Waals surface area contributed by atoms with E-state index in [0.29, 0.717) is 12.1 Å². The number of nitrogens with zero attached hydrogens (tertiary/aromatic N) is 2. The van der Waals surface area contributed by atoms with E-state index in [9.17, 15) is 0 Å². The third-order valence-electron chi connectivity index (χ3n) is 4.40. The third kappa shape index (κ3) is 3.90. The number of aliphatic imine (C=N–C) groups is 1. The fraction of sp³-hybridized carbons (Fsp3) is 0.688. The van der Waals surface area contributed by atoms with Crippen LogP contribution in [0.5, 0.6) is 0 Å². The summed E-state index contributed by atoms with van der Waals surface area (Å²) in [6, 6.07) is 5.54. The van der Waals surface area contributed by atoms with E-state index in [1.54, 1.807) is 0 Å². The van der Waals surface area contributed by atoms with E-state index >= 15 is 0 Å². The maximum absolute atomic E-state index is 4.58. The molecule has 3 rings (SSSR count). The summed E-state index contributed by atoms with van der Waals surface area (Å²) in [5, 5.41) is 10.7. The van der Waals surface area contributed by atoms with Crippen LogP contribution in [0.2, 0.25) is 0 Å². The average Bonchev–Trinajstić information content (AvgIpc) is 2.96. The molecule has 5 heteroatoms. The smallest absolute Gasteiger partial charge is 0.191 e. The molecule has 0 radical (unpaired) electrons. The van der Waals surface area contributed by atoms with Crippen molar-refractivity contribution in [2.45, 2.75) is 45.2 Å². The molecule has 1 aromatic heterocycles. The largest absolute Gasteiger partial charge is 0.363 e. The summed E-state index contributed by atoms with van der Waals surface area (Å²) >= 11 is 1.84. The Balaban J connectivity index is 1.48. The second kappa shape index (κ2) is 6.69. The van der Waals surface area contributed by atoms with Crippen LogP contribution in [0, 0.1) is 5.92 Å². The van der Waals surface area contributed by atoms with Crippen molar-refractivity contribution < 1.29 is 0 Å². The predicted molar refractivity (Wildman–Crippen MR) is 91.4 cm³/mol. The number of guanidine groups is 1. The van der Waals surface area contributed by atoms with Crippen molar-refractivity contribution >= 4 is 22.3 Å². The lowest BCUT2D eigenvalue weighted by molar-refractivity contribution is 0.462. The average molecular weight is 306 g/mol. The fourth-order valence-corrected chi connectivity index (χ4v) is 3.66. The highest BCUT2D eigenvalue weighted by Gasteiger charge is 2.33. The molecular weight excluding hydrogens is 280 g/mol. The number of piperidine rings is 1. The molecule has 2 atom stereocenters. The molecule has 4 nitrogen and oxygen atoms in total. The molecule has 1 aromatic rings. The molecule has 2 heterocycles. The summed E-state index contributed by atoms with van der Waals surface area (Å²) < 4.78 is 0. The molecule has 2 aliphatic rings. The van der Waals surface area contributed by atoms with Crippen molar-refractivity contribution in [2.75, 3.05) is 24.5 Å². The Morgan fingerprint density at radius 1 is 1.38 bits per heavy atom. The molecule has 0 bridgehead atoms. The van der Waals surface area contributed by atoms with Crippen LogP contribution in [0.15, 0.2) is 22.5 Å². The normalized spacial score (nSPS) is 26.8. The second-order valence-electron chi connectivity index (χ2n) is 6.14. The molecule has 2 fully saturated rings. The first-order valence-electron chi connectivity index (χ1n) is 8.12. The number of rotatable bonds is 4. The molecular formula is C16H26N4S. The van der Waals surface area contributed by atoms with Crippen molar-refractivity contribution in [1.82, 2.24) is 10.6 Å². The minimum Gasteiger partial charge on any atom is -0.363 e. The summed E-state index contributed by atoms with van der Waals surface area (Å²) in [6.07, 6.45) is 3.65. The minimum absolute atomic E-state index is 0.549. The van der Waals surface area contributed by atoms with Crippen molar-refractivity contribution in [2.24, 2.45) is 10.9 Å². The van der Waals surface area contributed by atoms with Gasteiger partial charge in [0.25, 0.3) is 0 Å². The minimum atomic E-state index is 0.549. The van der Waals surface area contributed by atoms with Gasteiger partial charge >= 0.3 is 0 Å². The van der Waals surface area contributed by atoms with Crippen LogP contribution in [-0.4, -0.2) is 37.7 Å². The fourth-order valence-electron chi connectivity index (χ4n) is 2.88. The quantitative estimate of drug-likeness (QED) is 0.664. The first kappa shape index (κ1) is 14.7. The first-order valence-corrected chi connectivity index (χ1v) is 9.00. The van der Waals surface area contributed by atoms with Crippen LogP contribution in [0.4, 0.5) is 5.00 Å². The van der Waals surface area contributed by atoms with Crippen LogP contribution < -0.4 is 15.5 Å². The second-order valence-corrected chi connectivity index (χ2v) is 7.07. The van der Waals surface area contributed by atoms with Gasteiger partial charge in [0.2, 0.25) is 0 Å². The summed E-state index contributed by atoms with van der Waals surface area (Å²) in [7, 11) is 0. The standard InChI is InChI=1S/C16H26N4S/c1-3-17-16(19-14-11-12(14)2)18-13-6-8-20(9-7-13)15-5-4-10-21-15/h4-5,10,12-14H,3,6-9,11H2,1-2H3,(H2,17,18,19). The maximum atomic E-state index is 4.58. The van der Waals surface area contributed by atoms with Crippen molar-refractivity contribution in [1.29, 1.82) is 0 Å². The maximum Gasteiger partial charge on any atom is 0.191 e. The lowest BCUT2D eigenvalue weighted by atomic mass is 10.1. The van der Waals surface area contributed by atoms with Gasteiger partial charge in [-0.15, -0.1) is 11.3 Å². The third-order valence-corrected chi connectivity index (χ3v) is 5.33. The number of hydrogen-bond donors (Lipinski definition) is 2. The highest BCUT2D eigenvalue weighted by atomic mass is 32.1. The van der Waals surface area contributed by atoms with Gasteiger partial charge in [0.05, 0.1) is 5.00 Å². The highest BCUT2D eigenvalue weighted by molar-refractivity contribution is 7.14. The van der Waals surface area contributed by atoms with Crippen molar-refractivity contribution in [3.63, 3.8) is 0 Å². The Morgan fingerprint density at radius 2 is 2.14 bits per heavy atom. The van der Waals surface area contributed by atoms with Crippen LogP contribution in [-0.2, 0) is 0 Å².